The van der Waals surface area contributed by atoms with Gasteiger partial charge in [0.2, 0.25) is 5.91 Å². The Morgan fingerprint density at radius 1 is 1.38 bits per heavy atom. The van der Waals surface area contributed by atoms with Crippen LogP contribution >= 0.6 is 0 Å². The number of aliphatic hydroxyl groups excluding tert-OH is 1. The van der Waals surface area contributed by atoms with Crippen molar-refractivity contribution in [1.82, 2.24) is 5.32 Å². The zero-order valence-corrected chi connectivity index (χ0v) is 9.65. The molecule has 0 bridgehead atoms. The van der Waals surface area contributed by atoms with E-state index >= 15 is 0 Å². The van der Waals surface area contributed by atoms with Crippen LogP contribution in [-0.4, -0.2) is 17.1 Å². The minimum absolute atomic E-state index is 0.00338. The van der Waals surface area contributed by atoms with Crippen LogP contribution < -0.4 is 5.32 Å². The number of hydrogen-bond acceptors (Lipinski definition) is 2. The lowest BCUT2D eigenvalue weighted by molar-refractivity contribution is -0.121. The minimum Gasteiger partial charge on any atom is -0.393 e. The molecular formula is C13H19NO2. The molecule has 1 aromatic carbocycles. The number of carbonyl (C=O) groups excluding carboxylic acids is 1. The van der Waals surface area contributed by atoms with Gasteiger partial charge in [0.1, 0.15) is 0 Å². The van der Waals surface area contributed by atoms with Crippen molar-refractivity contribution in [2.24, 2.45) is 0 Å². The highest BCUT2D eigenvalue weighted by Gasteiger charge is 2.05. The third kappa shape index (κ3) is 4.94. The molecule has 1 aromatic rings. The van der Waals surface area contributed by atoms with E-state index < -0.39 is 0 Å². The van der Waals surface area contributed by atoms with E-state index in [-0.39, 0.29) is 12.0 Å². The Hall–Kier alpha value is -1.35. The van der Waals surface area contributed by atoms with Gasteiger partial charge in [-0.05, 0) is 18.4 Å². The SMILES string of the molecule is CCC(O)CCC(=O)NCc1ccccc1. The number of amides is 1. The molecule has 0 saturated carbocycles. The molecule has 0 aliphatic heterocycles. The van der Waals surface area contributed by atoms with Gasteiger partial charge in [-0.15, -0.1) is 0 Å². The predicted octanol–water partition coefficient (Wildman–Crippen LogP) is 1.85. The van der Waals surface area contributed by atoms with E-state index in [0.29, 0.717) is 25.8 Å². The smallest absolute Gasteiger partial charge is 0.220 e. The first kappa shape index (κ1) is 12.7. The first-order chi connectivity index (χ1) is 7.72. The average Bonchev–Trinajstić information content (AvgIpc) is 2.34. The summed E-state index contributed by atoms with van der Waals surface area (Å²) in [5.74, 6) is -0.00338. The van der Waals surface area contributed by atoms with Gasteiger partial charge < -0.3 is 10.4 Å². The van der Waals surface area contributed by atoms with Crippen molar-refractivity contribution in [2.45, 2.75) is 38.8 Å². The molecule has 1 amide bonds. The third-order valence-electron chi connectivity index (χ3n) is 2.51. The Bertz CT molecular complexity index is 311. The molecule has 3 heteroatoms. The van der Waals surface area contributed by atoms with Crippen LogP contribution in [0.2, 0.25) is 0 Å². The topological polar surface area (TPSA) is 49.3 Å². The fourth-order valence-electron chi connectivity index (χ4n) is 1.39. The van der Waals surface area contributed by atoms with E-state index in [1.807, 2.05) is 37.3 Å². The van der Waals surface area contributed by atoms with E-state index in [9.17, 15) is 9.90 Å². The molecule has 0 spiro atoms. The van der Waals surface area contributed by atoms with Gasteiger partial charge in [0, 0.05) is 13.0 Å². The Labute approximate surface area is 96.5 Å². The summed E-state index contributed by atoms with van der Waals surface area (Å²) in [4.78, 5) is 11.4. The average molecular weight is 221 g/mol. The number of hydrogen-bond donors (Lipinski definition) is 2. The van der Waals surface area contributed by atoms with Crippen molar-refractivity contribution < 1.29 is 9.90 Å². The molecule has 1 rings (SSSR count). The standard InChI is InChI=1S/C13H19NO2/c1-2-12(15)8-9-13(16)14-10-11-6-4-3-5-7-11/h3-7,12,15H,2,8-10H2,1H3,(H,14,16). The van der Waals surface area contributed by atoms with Crippen molar-refractivity contribution >= 4 is 5.91 Å². The van der Waals surface area contributed by atoms with Gasteiger partial charge >= 0.3 is 0 Å². The van der Waals surface area contributed by atoms with Crippen LogP contribution in [0, 0.1) is 0 Å². The lowest BCUT2D eigenvalue weighted by atomic mass is 10.1. The van der Waals surface area contributed by atoms with E-state index in [2.05, 4.69) is 5.32 Å². The van der Waals surface area contributed by atoms with Gasteiger partial charge in [-0.1, -0.05) is 37.3 Å². The van der Waals surface area contributed by atoms with Crippen molar-refractivity contribution in [3.05, 3.63) is 35.9 Å². The summed E-state index contributed by atoms with van der Waals surface area (Å²) in [6.45, 7) is 2.47. The van der Waals surface area contributed by atoms with Crippen LogP contribution in [0.15, 0.2) is 30.3 Å². The van der Waals surface area contributed by atoms with E-state index in [1.54, 1.807) is 0 Å². The highest BCUT2D eigenvalue weighted by molar-refractivity contribution is 5.75. The van der Waals surface area contributed by atoms with E-state index in [4.69, 9.17) is 0 Å². The molecule has 2 N–H and O–H groups in total. The van der Waals surface area contributed by atoms with E-state index in [1.165, 1.54) is 0 Å². The largest absolute Gasteiger partial charge is 0.393 e. The number of rotatable bonds is 6. The molecule has 0 aliphatic carbocycles. The molecule has 0 saturated heterocycles. The molecule has 0 radical (unpaired) electrons. The lowest BCUT2D eigenvalue weighted by Gasteiger charge is -2.08. The number of aliphatic hydroxyl groups is 1. The summed E-state index contributed by atoms with van der Waals surface area (Å²) in [6.07, 6.45) is 1.27. The second-order valence-electron chi connectivity index (χ2n) is 3.86. The van der Waals surface area contributed by atoms with Crippen molar-refractivity contribution in [3.8, 4) is 0 Å². The lowest BCUT2D eigenvalue weighted by Crippen LogP contribution is -2.23. The molecule has 3 nitrogen and oxygen atoms in total. The van der Waals surface area contributed by atoms with Crippen LogP contribution in [0.5, 0.6) is 0 Å². The van der Waals surface area contributed by atoms with Crippen molar-refractivity contribution in [2.75, 3.05) is 0 Å². The van der Waals surface area contributed by atoms with Crippen LogP contribution in [0.4, 0.5) is 0 Å². The van der Waals surface area contributed by atoms with Gasteiger partial charge in [0.25, 0.3) is 0 Å². The van der Waals surface area contributed by atoms with Gasteiger partial charge in [0.05, 0.1) is 6.10 Å². The second-order valence-corrected chi connectivity index (χ2v) is 3.86. The predicted molar refractivity (Wildman–Crippen MR) is 63.8 cm³/mol. The highest BCUT2D eigenvalue weighted by atomic mass is 16.3. The molecular weight excluding hydrogens is 202 g/mol. The Morgan fingerprint density at radius 3 is 2.69 bits per heavy atom. The van der Waals surface area contributed by atoms with E-state index in [0.717, 1.165) is 5.56 Å². The summed E-state index contributed by atoms with van der Waals surface area (Å²) in [7, 11) is 0. The third-order valence-corrected chi connectivity index (χ3v) is 2.51. The normalized spacial score (nSPS) is 12.1. The fourth-order valence-corrected chi connectivity index (χ4v) is 1.39. The van der Waals surface area contributed by atoms with Crippen LogP contribution in [0.25, 0.3) is 0 Å². The molecule has 1 unspecified atom stereocenters. The Balaban J connectivity index is 2.20. The molecule has 0 aliphatic rings. The maximum Gasteiger partial charge on any atom is 0.220 e. The number of carbonyl (C=O) groups is 1. The molecule has 88 valence electrons. The summed E-state index contributed by atoms with van der Waals surface area (Å²) >= 11 is 0. The maximum absolute atomic E-state index is 11.4. The molecule has 16 heavy (non-hydrogen) atoms. The van der Waals surface area contributed by atoms with Crippen LogP contribution in [-0.2, 0) is 11.3 Å². The van der Waals surface area contributed by atoms with Crippen LogP contribution in [0.3, 0.4) is 0 Å². The maximum atomic E-state index is 11.4. The second kappa shape index (κ2) is 7.01. The Kier molecular flexibility index (Phi) is 5.57. The van der Waals surface area contributed by atoms with Crippen molar-refractivity contribution in [1.29, 1.82) is 0 Å². The van der Waals surface area contributed by atoms with Gasteiger partial charge in [0.15, 0.2) is 0 Å². The summed E-state index contributed by atoms with van der Waals surface area (Å²) in [6, 6.07) is 9.79. The molecule has 0 aromatic heterocycles. The van der Waals surface area contributed by atoms with Crippen LogP contribution in [0.1, 0.15) is 31.7 Å². The summed E-state index contributed by atoms with van der Waals surface area (Å²) in [5.41, 5.74) is 1.09. The fraction of sp³-hybridized carbons (Fsp3) is 0.462. The first-order valence-corrected chi connectivity index (χ1v) is 5.71. The zero-order valence-electron chi connectivity index (χ0n) is 9.65. The minimum atomic E-state index is -0.359. The monoisotopic (exact) mass is 221 g/mol. The zero-order chi connectivity index (χ0) is 11.8. The first-order valence-electron chi connectivity index (χ1n) is 5.71. The summed E-state index contributed by atoms with van der Waals surface area (Å²) in [5, 5.41) is 12.1. The number of nitrogens with one attached hydrogen (secondary N) is 1. The Morgan fingerprint density at radius 2 is 2.06 bits per heavy atom. The molecule has 1 atom stereocenters. The van der Waals surface area contributed by atoms with Crippen molar-refractivity contribution in [3.63, 3.8) is 0 Å². The van der Waals surface area contributed by atoms with Gasteiger partial charge in [-0.3, -0.25) is 4.79 Å². The highest BCUT2D eigenvalue weighted by Crippen LogP contribution is 2.02. The quantitative estimate of drug-likeness (QED) is 0.770. The van der Waals surface area contributed by atoms with Gasteiger partial charge in [-0.2, -0.15) is 0 Å². The number of benzene rings is 1. The molecule has 0 fully saturated rings. The summed E-state index contributed by atoms with van der Waals surface area (Å²) < 4.78 is 0. The molecule has 0 heterocycles. The van der Waals surface area contributed by atoms with Gasteiger partial charge in [-0.25, -0.2) is 0 Å².